The average Bonchev–Trinajstić information content (AvgIpc) is 2.42. The Labute approximate surface area is 112 Å². The van der Waals surface area contributed by atoms with Crippen LogP contribution < -0.4 is 10.1 Å². The number of carbonyl (C=O) groups is 1. The van der Waals surface area contributed by atoms with Crippen LogP contribution in [0.3, 0.4) is 0 Å². The minimum absolute atomic E-state index is 0.0794. The van der Waals surface area contributed by atoms with Crippen LogP contribution in [0.1, 0.15) is 6.92 Å². The number of nitrogens with one attached hydrogen (secondary N) is 1. The monoisotopic (exact) mass is 253 g/mol. The van der Waals surface area contributed by atoms with E-state index in [-0.39, 0.29) is 5.91 Å². The van der Waals surface area contributed by atoms with Crippen molar-refractivity contribution in [1.82, 2.24) is 5.32 Å². The molecule has 1 N–H and O–H groups in total. The van der Waals surface area contributed by atoms with E-state index in [1.807, 2.05) is 42.5 Å². The van der Waals surface area contributed by atoms with Gasteiger partial charge in [0.05, 0.1) is 6.54 Å². The second-order valence-corrected chi connectivity index (χ2v) is 4.03. The number of hydrogen-bond acceptors (Lipinski definition) is 2. The van der Waals surface area contributed by atoms with Gasteiger partial charge in [-0.15, -0.1) is 0 Å². The first-order valence-electron chi connectivity index (χ1n) is 6.08. The summed E-state index contributed by atoms with van der Waals surface area (Å²) < 4.78 is 5.64. The lowest BCUT2D eigenvalue weighted by atomic mass is 10.1. The number of hydrogen-bond donors (Lipinski definition) is 1. The summed E-state index contributed by atoms with van der Waals surface area (Å²) in [6, 6.07) is 14.0. The summed E-state index contributed by atoms with van der Waals surface area (Å²) in [5.74, 6) is 6.44. The van der Waals surface area contributed by atoms with Crippen molar-refractivity contribution < 1.29 is 9.53 Å². The van der Waals surface area contributed by atoms with Gasteiger partial charge in [-0.2, -0.15) is 0 Å². The van der Waals surface area contributed by atoms with Crippen molar-refractivity contribution in [2.45, 2.75) is 6.92 Å². The van der Waals surface area contributed by atoms with Gasteiger partial charge in [0.1, 0.15) is 12.4 Å². The molecular weight excluding hydrogens is 238 g/mol. The van der Waals surface area contributed by atoms with Crippen molar-refractivity contribution in [2.75, 3.05) is 13.2 Å². The van der Waals surface area contributed by atoms with Crippen LogP contribution in [0.4, 0.5) is 0 Å². The topological polar surface area (TPSA) is 38.3 Å². The maximum Gasteiger partial charge on any atom is 0.217 e. The number of ether oxygens (including phenoxy) is 1. The van der Waals surface area contributed by atoms with Crippen LogP contribution in [0, 0.1) is 11.8 Å². The number of amides is 1. The van der Waals surface area contributed by atoms with Crippen molar-refractivity contribution in [1.29, 1.82) is 0 Å². The van der Waals surface area contributed by atoms with E-state index in [4.69, 9.17) is 4.74 Å². The van der Waals surface area contributed by atoms with Gasteiger partial charge < -0.3 is 10.1 Å². The lowest BCUT2D eigenvalue weighted by Crippen LogP contribution is -2.19. The SMILES string of the molecule is CC(=O)NCC#CCOc1cccc2ccccc12. The molecule has 0 aromatic heterocycles. The van der Waals surface area contributed by atoms with E-state index >= 15 is 0 Å². The summed E-state index contributed by atoms with van der Waals surface area (Å²) in [4.78, 5) is 10.6. The molecule has 0 fully saturated rings. The fourth-order valence-electron chi connectivity index (χ4n) is 1.72. The summed E-state index contributed by atoms with van der Waals surface area (Å²) in [6.45, 7) is 2.14. The highest BCUT2D eigenvalue weighted by molar-refractivity contribution is 5.88. The van der Waals surface area contributed by atoms with Crippen molar-refractivity contribution >= 4 is 16.7 Å². The number of carbonyl (C=O) groups excluding carboxylic acids is 1. The molecule has 0 heterocycles. The molecule has 0 aliphatic carbocycles. The Morgan fingerprint density at radius 2 is 1.95 bits per heavy atom. The van der Waals surface area contributed by atoms with E-state index in [0.717, 1.165) is 16.5 Å². The lowest BCUT2D eigenvalue weighted by Gasteiger charge is -2.06. The van der Waals surface area contributed by atoms with Gasteiger partial charge in [-0.25, -0.2) is 0 Å². The second-order valence-electron chi connectivity index (χ2n) is 4.03. The van der Waals surface area contributed by atoms with Crippen LogP contribution in [0.15, 0.2) is 42.5 Å². The highest BCUT2D eigenvalue weighted by atomic mass is 16.5. The van der Waals surface area contributed by atoms with Crippen LogP contribution in [-0.4, -0.2) is 19.1 Å². The zero-order valence-corrected chi connectivity index (χ0v) is 10.8. The molecule has 3 nitrogen and oxygen atoms in total. The van der Waals surface area contributed by atoms with E-state index in [1.54, 1.807) is 0 Å². The van der Waals surface area contributed by atoms with E-state index in [9.17, 15) is 4.79 Å². The standard InChI is InChI=1S/C16H15NO2/c1-13(18)17-11-4-5-12-19-16-10-6-8-14-7-2-3-9-15(14)16/h2-3,6-10H,11-12H2,1H3,(H,17,18). The normalized spacial score (nSPS) is 9.53. The minimum atomic E-state index is -0.0794. The van der Waals surface area contributed by atoms with E-state index in [0.29, 0.717) is 13.2 Å². The highest BCUT2D eigenvalue weighted by Crippen LogP contribution is 2.24. The molecule has 96 valence electrons. The van der Waals surface area contributed by atoms with Crippen molar-refractivity contribution in [3.05, 3.63) is 42.5 Å². The zero-order valence-electron chi connectivity index (χ0n) is 10.8. The van der Waals surface area contributed by atoms with Crippen molar-refractivity contribution in [3.63, 3.8) is 0 Å². The van der Waals surface area contributed by atoms with Crippen LogP contribution >= 0.6 is 0 Å². The zero-order chi connectivity index (χ0) is 13.5. The fourth-order valence-corrected chi connectivity index (χ4v) is 1.72. The Morgan fingerprint density at radius 3 is 2.79 bits per heavy atom. The van der Waals surface area contributed by atoms with Crippen LogP contribution in [0.2, 0.25) is 0 Å². The molecule has 0 saturated heterocycles. The molecule has 2 rings (SSSR count). The fraction of sp³-hybridized carbons (Fsp3) is 0.188. The molecule has 0 bridgehead atoms. The van der Waals surface area contributed by atoms with E-state index in [1.165, 1.54) is 6.92 Å². The van der Waals surface area contributed by atoms with Gasteiger partial charge >= 0.3 is 0 Å². The third-order valence-corrected chi connectivity index (χ3v) is 2.60. The molecule has 0 atom stereocenters. The molecular formula is C16H15NO2. The maximum absolute atomic E-state index is 10.6. The van der Waals surface area contributed by atoms with Gasteiger partial charge in [0.25, 0.3) is 0 Å². The van der Waals surface area contributed by atoms with Gasteiger partial charge in [-0.1, -0.05) is 48.2 Å². The number of fused-ring (bicyclic) bond motifs is 1. The smallest absolute Gasteiger partial charge is 0.217 e. The predicted molar refractivity (Wildman–Crippen MR) is 75.9 cm³/mol. The van der Waals surface area contributed by atoms with Crippen LogP contribution in [0.25, 0.3) is 10.8 Å². The summed E-state index contributed by atoms with van der Waals surface area (Å²) in [5, 5.41) is 4.83. The molecule has 0 spiro atoms. The third-order valence-electron chi connectivity index (χ3n) is 2.60. The quantitative estimate of drug-likeness (QED) is 0.853. The Bertz CT molecular complexity index is 632. The van der Waals surface area contributed by atoms with Crippen LogP contribution in [0.5, 0.6) is 5.75 Å². The lowest BCUT2D eigenvalue weighted by molar-refractivity contribution is -0.118. The van der Waals surface area contributed by atoms with Gasteiger partial charge in [0.2, 0.25) is 5.91 Å². The molecule has 0 aliphatic heterocycles. The predicted octanol–water partition coefficient (Wildman–Crippen LogP) is 2.36. The van der Waals surface area contributed by atoms with E-state index < -0.39 is 0 Å². The molecule has 2 aromatic carbocycles. The summed E-state index contributed by atoms with van der Waals surface area (Å²) in [7, 11) is 0. The Kier molecular flexibility index (Phi) is 4.41. The Hall–Kier alpha value is -2.47. The molecule has 2 aromatic rings. The highest BCUT2D eigenvalue weighted by Gasteiger charge is 1.99. The van der Waals surface area contributed by atoms with Gasteiger partial charge in [-0.3, -0.25) is 4.79 Å². The van der Waals surface area contributed by atoms with Crippen LogP contribution in [-0.2, 0) is 4.79 Å². The third kappa shape index (κ3) is 3.75. The van der Waals surface area contributed by atoms with Gasteiger partial charge in [-0.05, 0) is 11.5 Å². The summed E-state index contributed by atoms with van der Waals surface area (Å²) in [6.07, 6.45) is 0. The maximum atomic E-state index is 10.6. The molecule has 0 aliphatic rings. The van der Waals surface area contributed by atoms with Gasteiger partial charge in [0, 0.05) is 12.3 Å². The molecule has 0 saturated carbocycles. The molecule has 0 radical (unpaired) electrons. The molecule has 0 unspecified atom stereocenters. The first kappa shape index (κ1) is 13.0. The Morgan fingerprint density at radius 1 is 1.16 bits per heavy atom. The average molecular weight is 253 g/mol. The minimum Gasteiger partial charge on any atom is -0.480 e. The first-order valence-corrected chi connectivity index (χ1v) is 6.08. The largest absolute Gasteiger partial charge is 0.480 e. The van der Waals surface area contributed by atoms with E-state index in [2.05, 4.69) is 17.2 Å². The molecule has 3 heteroatoms. The first-order chi connectivity index (χ1) is 9.27. The van der Waals surface area contributed by atoms with Gasteiger partial charge in [0.15, 0.2) is 0 Å². The van der Waals surface area contributed by atoms with Crippen molar-refractivity contribution in [3.8, 4) is 17.6 Å². The molecule has 1 amide bonds. The number of benzene rings is 2. The van der Waals surface area contributed by atoms with Crippen molar-refractivity contribution in [2.24, 2.45) is 0 Å². The number of rotatable bonds is 3. The Balaban J connectivity index is 1.96. The second kappa shape index (κ2) is 6.46. The summed E-state index contributed by atoms with van der Waals surface area (Å²) in [5.41, 5.74) is 0. The molecule has 19 heavy (non-hydrogen) atoms. The summed E-state index contributed by atoms with van der Waals surface area (Å²) >= 11 is 0.